The summed E-state index contributed by atoms with van der Waals surface area (Å²) in [7, 11) is 1.27. The summed E-state index contributed by atoms with van der Waals surface area (Å²) in [6.07, 6.45) is 2.55. The lowest BCUT2D eigenvalue weighted by Crippen LogP contribution is -2.00. The maximum absolute atomic E-state index is 11.1. The highest BCUT2D eigenvalue weighted by atomic mass is 16.5. The van der Waals surface area contributed by atoms with E-state index in [0.717, 1.165) is 6.42 Å². The Morgan fingerprint density at radius 1 is 1.60 bits per heavy atom. The van der Waals surface area contributed by atoms with Crippen molar-refractivity contribution in [2.24, 2.45) is 4.99 Å². The minimum Gasteiger partial charge on any atom is -0.507 e. The Morgan fingerprint density at radius 3 is 2.87 bits per heavy atom. The van der Waals surface area contributed by atoms with Crippen LogP contribution in [0.3, 0.4) is 0 Å². The lowest BCUT2D eigenvalue weighted by atomic mass is 10.2. The monoisotopic (exact) mass is 207 g/mol. The van der Waals surface area contributed by atoms with Gasteiger partial charge in [0, 0.05) is 12.3 Å². The number of hydrogen-bond acceptors (Lipinski definition) is 4. The maximum Gasteiger partial charge on any atom is 0.341 e. The molecule has 0 bridgehead atoms. The standard InChI is InChI=1S/C11H13NO3/c1-3-6-12-8-4-5-9(10(13)7-8)11(14)15-2/h4-7,13H,3H2,1-2H3. The third-order valence-corrected chi connectivity index (χ3v) is 1.81. The minimum atomic E-state index is -0.557. The molecule has 0 amide bonds. The van der Waals surface area contributed by atoms with Crippen LogP contribution in [0.2, 0.25) is 0 Å². The van der Waals surface area contributed by atoms with Gasteiger partial charge in [0.2, 0.25) is 0 Å². The molecule has 80 valence electrons. The van der Waals surface area contributed by atoms with Gasteiger partial charge in [-0.25, -0.2) is 4.79 Å². The SMILES string of the molecule is CCC=Nc1ccc(C(=O)OC)c(O)c1. The molecule has 0 aliphatic rings. The lowest BCUT2D eigenvalue weighted by Gasteiger charge is -2.02. The molecule has 15 heavy (non-hydrogen) atoms. The summed E-state index contributed by atoms with van der Waals surface area (Å²) in [6.45, 7) is 1.96. The van der Waals surface area contributed by atoms with Gasteiger partial charge >= 0.3 is 5.97 Å². The molecule has 0 aliphatic heterocycles. The van der Waals surface area contributed by atoms with Crippen molar-refractivity contribution in [3.63, 3.8) is 0 Å². The zero-order valence-corrected chi connectivity index (χ0v) is 8.73. The molecule has 0 spiro atoms. The van der Waals surface area contributed by atoms with Crippen molar-refractivity contribution in [2.45, 2.75) is 13.3 Å². The number of phenols is 1. The van der Waals surface area contributed by atoms with Crippen molar-refractivity contribution in [3.05, 3.63) is 23.8 Å². The Balaban J connectivity index is 2.98. The normalized spacial score (nSPS) is 10.5. The quantitative estimate of drug-likeness (QED) is 0.611. The van der Waals surface area contributed by atoms with Crippen LogP contribution in [0.15, 0.2) is 23.2 Å². The zero-order valence-electron chi connectivity index (χ0n) is 8.73. The van der Waals surface area contributed by atoms with Crippen LogP contribution in [0.4, 0.5) is 5.69 Å². The van der Waals surface area contributed by atoms with Crippen molar-refractivity contribution in [3.8, 4) is 5.75 Å². The Labute approximate surface area is 88.2 Å². The first-order valence-electron chi connectivity index (χ1n) is 4.63. The van der Waals surface area contributed by atoms with Crippen molar-refractivity contribution in [1.29, 1.82) is 0 Å². The number of aliphatic imine (C=N–C) groups is 1. The fourth-order valence-electron chi connectivity index (χ4n) is 1.08. The lowest BCUT2D eigenvalue weighted by molar-refractivity contribution is 0.0597. The number of benzene rings is 1. The predicted molar refractivity (Wildman–Crippen MR) is 57.9 cm³/mol. The number of ether oxygens (including phenoxy) is 1. The van der Waals surface area contributed by atoms with Gasteiger partial charge in [0.25, 0.3) is 0 Å². The molecule has 1 rings (SSSR count). The first-order valence-corrected chi connectivity index (χ1v) is 4.63. The first kappa shape index (κ1) is 11.2. The highest BCUT2D eigenvalue weighted by molar-refractivity contribution is 5.92. The Hall–Kier alpha value is -1.84. The average Bonchev–Trinajstić information content (AvgIpc) is 2.25. The average molecular weight is 207 g/mol. The fraction of sp³-hybridized carbons (Fsp3) is 0.273. The molecule has 0 atom stereocenters. The van der Waals surface area contributed by atoms with Gasteiger partial charge < -0.3 is 9.84 Å². The van der Waals surface area contributed by atoms with Crippen LogP contribution in [0, 0.1) is 0 Å². The molecule has 4 nitrogen and oxygen atoms in total. The van der Waals surface area contributed by atoms with Gasteiger partial charge in [-0.15, -0.1) is 0 Å². The largest absolute Gasteiger partial charge is 0.507 e. The highest BCUT2D eigenvalue weighted by Gasteiger charge is 2.10. The molecule has 1 aromatic carbocycles. The van der Waals surface area contributed by atoms with Crippen LogP contribution in [0.5, 0.6) is 5.75 Å². The van der Waals surface area contributed by atoms with E-state index in [1.165, 1.54) is 19.2 Å². The number of methoxy groups -OCH3 is 1. The van der Waals surface area contributed by atoms with E-state index >= 15 is 0 Å². The van der Waals surface area contributed by atoms with Gasteiger partial charge in [0.1, 0.15) is 11.3 Å². The summed E-state index contributed by atoms with van der Waals surface area (Å²) in [5.41, 5.74) is 0.759. The molecule has 0 fully saturated rings. The second kappa shape index (κ2) is 5.14. The highest BCUT2D eigenvalue weighted by Crippen LogP contribution is 2.24. The second-order valence-corrected chi connectivity index (χ2v) is 2.91. The van der Waals surface area contributed by atoms with Crippen LogP contribution < -0.4 is 0 Å². The van der Waals surface area contributed by atoms with Gasteiger partial charge in [-0.3, -0.25) is 4.99 Å². The number of aromatic hydroxyl groups is 1. The third kappa shape index (κ3) is 2.80. The van der Waals surface area contributed by atoms with E-state index in [1.807, 2.05) is 6.92 Å². The van der Waals surface area contributed by atoms with Crippen molar-refractivity contribution in [1.82, 2.24) is 0 Å². The van der Waals surface area contributed by atoms with Gasteiger partial charge in [-0.2, -0.15) is 0 Å². The number of rotatable bonds is 3. The van der Waals surface area contributed by atoms with Gasteiger partial charge in [-0.05, 0) is 18.6 Å². The number of hydrogen-bond donors (Lipinski definition) is 1. The molecule has 1 N–H and O–H groups in total. The second-order valence-electron chi connectivity index (χ2n) is 2.91. The molecule has 0 unspecified atom stereocenters. The van der Waals surface area contributed by atoms with Crippen LogP contribution in [0.25, 0.3) is 0 Å². The Kier molecular flexibility index (Phi) is 3.85. The summed E-state index contributed by atoms with van der Waals surface area (Å²) in [5, 5.41) is 9.52. The fourth-order valence-corrected chi connectivity index (χ4v) is 1.08. The summed E-state index contributed by atoms with van der Waals surface area (Å²) in [6, 6.07) is 4.57. The summed E-state index contributed by atoms with van der Waals surface area (Å²) >= 11 is 0. The van der Waals surface area contributed by atoms with Crippen molar-refractivity contribution >= 4 is 17.9 Å². The number of phenolic OH excluding ortho intramolecular Hbond substituents is 1. The first-order chi connectivity index (χ1) is 7.19. The van der Waals surface area contributed by atoms with Crippen molar-refractivity contribution in [2.75, 3.05) is 7.11 Å². The molecular weight excluding hydrogens is 194 g/mol. The third-order valence-electron chi connectivity index (χ3n) is 1.81. The summed E-state index contributed by atoms with van der Waals surface area (Å²) in [4.78, 5) is 15.2. The summed E-state index contributed by atoms with van der Waals surface area (Å²) in [5.74, 6) is -0.675. The van der Waals surface area contributed by atoms with E-state index in [-0.39, 0.29) is 11.3 Å². The van der Waals surface area contributed by atoms with Crippen molar-refractivity contribution < 1.29 is 14.6 Å². The van der Waals surface area contributed by atoms with Crippen LogP contribution in [-0.2, 0) is 4.74 Å². The van der Waals surface area contributed by atoms with E-state index in [1.54, 1.807) is 12.3 Å². The van der Waals surface area contributed by atoms with Crippen LogP contribution >= 0.6 is 0 Å². The Morgan fingerprint density at radius 2 is 2.33 bits per heavy atom. The molecule has 1 aromatic rings. The molecule has 0 heterocycles. The van der Waals surface area contributed by atoms with E-state index in [9.17, 15) is 9.90 Å². The van der Waals surface area contributed by atoms with Crippen LogP contribution in [-0.4, -0.2) is 24.4 Å². The smallest absolute Gasteiger partial charge is 0.341 e. The van der Waals surface area contributed by atoms with E-state index in [2.05, 4.69) is 9.73 Å². The van der Waals surface area contributed by atoms with Gasteiger partial charge in [0.05, 0.1) is 12.8 Å². The number of nitrogens with zero attached hydrogens (tertiary/aromatic N) is 1. The number of carbonyl (C=O) groups excluding carboxylic acids is 1. The van der Waals surface area contributed by atoms with Gasteiger partial charge in [-0.1, -0.05) is 6.92 Å². The van der Waals surface area contributed by atoms with E-state index in [0.29, 0.717) is 5.69 Å². The maximum atomic E-state index is 11.1. The molecular formula is C11H13NO3. The molecule has 0 radical (unpaired) electrons. The number of carbonyl (C=O) groups is 1. The number of esters is 1. The summed E-state index contributed by atoms with van der Waals surface area (Å²) < 4.78 is 4.50. The van der Waals surface area contributed by atoms with E-state index in [4.69, 9.17) is 0 Å². The minimum absolute atomic E-state index is 0.118. The molecule has 0 saturated heterocycles. The van der Waals surface area contributed by atoms with E-state index < -0.39 is 5.97 Å². The molecule has 0 aliphatic carbocycles. The van der Waals surface area contributed by atoms with Crippen LogP contribution in [0.1, 0.15) is 23.7 Å². The topological polar surface area (TPSA) is 58.9 Å². The molecule has 0 saturated carbocycles. The Bertz CT molecular complexity index is 385. The van der Waals surface area contributed by atoms with Gasteiger partial charge in [0.15, 0.2) is 0 Å². The zero-order chi connectivity index (χ0) is 11.3. The molecule has 4 heteroatoms. The predicted octanol–water partition coefficient (Wildman–Crippen LogP) is 2.29. The molecule has 0 aromatic heterocycles.